The molecule has 10 aromatic rings. The smallest absolute Gasteiger partial charge is 0.164 e. The Labute approximate surface area is 337 Å². The van der Waals surface area contributed by atoms with Gasteiger partial charge >= 0.3 is 0 Å². The highest BCUT2D eigenvalue weighted by atomic mass is 15.0. The van der Waals surface area contributed by atoms with Crippen molar-refractivity contribution >= 4 is 21.8 Å². The molecule has 0 amide bonds. The van der Waals surface area contributed by atoms with E-state index in [4.69, 9.17) is 15.0 Å². The molecule has 0 radical (unpaired) electrons. The van der Waals surface area contributed by atoms with Crippen LogP contribution in [-0.2, 0) is 5.41 Å². The first-order valence-corrected chi connectivity index (χ1v) is 19.9. The van der Waals surface area contributed by atoms with Crippen LogP contribution in [0.4, 0.5) is 0 Å². The molecule has 58 heavy (non-hydrogen) atoms. The van der Waals surface area contributed by atoms with Crippen LogP contribution in [0.2, 0.25) is 0 Å². The molecule has 0 bridgehead atoms. The molecule has 0 N–H and O–H groups in total. The van der Waals surface area contributed by atoms with E-state index < -0.39 is 0 Å². The van der Waals surface area contributed by atoms with E-state index >= 15 is 0 Å². The zero-order valence-electron chi connectivity index (χ0n) is 32.3. The maximum atomic E-state index is 5.05. The van der Waals surface area contributed by atoms with Gasteiger partial charge in [-0.25, -0.2) is 15.0 Å². The molecule has 4 heteroatoms. The van der Waals surface area contributed by atoms with E-state index in [1.165, 1.54) is 55.3 Å². The molecule has 0 saturated heterocycles. The lowest BCUT2D eigenvalue weighted by Crippen LogP contribution is -2.14. The molecular formula is C54H38N4. The van der Waals surface area contributed by atoms with Gasteiger partial charge in [-0.2, -0.15) is 0 Å². The summed E-state index contributed by atoms with van der Waals surface area (Å²) in [4.78, 5) is 15.0. The number of benzene rings is 8. The van der Waals surface area contributed by atoms with Gasteiger partial charge in [0.25, 0.3) is 0 Å². The van der Waals surface area contributed by atoms with E-state index in [9.17, 15) is 0 Å². The van der Waals surface area contributed by atoms with Crippen molar-refractivity contribution in [2.75, 3.05) is 0 Å². The zero-order valence-corrected chi connectivity index (χ0v) is 32.3. The first-order valence-electron chi connectivity index (χ1n) is 19.9. The van der Waals surface area contributed by atoms with Gasteiger partial charge in [-0.05, 0) is 74.8 Å². The van der Waals surface area contributed by atoms with Gasteiger partial charge in [0.05, 0.1) is 11.0 Å². The van der Waals surface area contributed by atoms with Crippen molar-refractivity contribution < 1.29 is 0 Å². The first kappa shape index (κ1) is 33.9. The Bertz CT molecular complexity index is 3110. The summed E-state index contributed by atoms with van der Waals surface area (Å²) in [5.41, 5.74) is 16.5. The summed E-state index contributed by atoms with van der Waals surface area (Å²) >= 11 is 0. The summed E-state index contributed by atoms with van der Waals surface area (Å²) in [5.74, 6) is 1.93. The van der Waals surface area contributed by atoms with E-state index in [1.54, 1.807) is 0 Å². The molecule has 2 heterocycles. The lowest BCUT2D eigenvalue weighted by molar-refractivity contribution is 0.660. The minimum atomic E-state index is -0.0292. The fourth-order valence-corrected chi connectivity index (χ4v) is 8.97. The van der Waals surface area contributed by atoms with Crippen molar-refractivity contribution in [1.82, 2.24) is 19.5 Å². The summed E-state index contributed by atoms with van der Waals surface area (Å²) in [6.45, 7) is 4.68. The highest BCUT2D eigenvalue weighted by Crippen LogP contribution is 2.52. The second-order valence-electron chi connectivity index (χ2n) is 15.6. The van der Waals surface area contributed by atoms with Crippen LogP contribution >= 0.6 is 0 Å². The Morgan fingerprint density at radius 1 is 0.362 bits per heavy atom. The van der Waals surface area contributed by atoms with Crippen molar-refractivity contribution in [2.45, 2.75) is 19.3 Å². The molecule has 1 aliphatic rings. The molecule has 8 aromatic carbocycles. The van der Waals surface area contributed by atoms with Gasteiger partial charge in [0.15, 0.2) is 17.5 Å². The normalized spacial score (nSPS) is 12.8. The Hall–Kier alpha value is -7.43. The Kier molecular flexibility index (Phi) is 7.80. The second-order valence-corrected chi connectivity index (χ2v) is 15.6. The monoisotopic (exact) mass is 742 g/mol. The second kappa shape index (κ2) is 13.4. The van der Waals surface area contributed by atoms with Crippen LogP contribution in [0.15, 0.2) is 194 Å². The quantitative estimate of drug-likeness (QED) is 0.170. The van der Waals surface area contributed by atoms with Crippen LogP contribution in [0.25, 0.3) is 95.0 Å². The highest BCUT2D eigenvalue weighted by molar-refractivity contribution is 6.11. The van der Waals surface area contributed by atoms with Crippen molar-refractivity contribution in [2.24, 2.45) is 0 Å². The van der Waals surface area contributed by atoms with Gasteiger partial charge in [0.2, 0.25) is 0 Å². The molecule has 0 saturated carbocycles. The maximum Gasteiger partial charge on any atom is 0.164 e. The van der Waals surface area contributed by atoms with Crippen molar-refractivity contribution in [3.63, 3.8) is 0 Å². The van der Waals surface area contributed by atoms with Crippen LogP contribution in [0.1, 0.15) is 25.0 Å². The van der Waals surface area contributed by atoms with Crippen LogP contribution in [0.3, 0.4) is 0 Å². The summed E-state index contributed by atoms with van der Waals surface area (Å²) in [5, 5.41) is 2.36. The third-order valence-corrected chi connectivity index (χ3v) is 11.9. The molecule has 0 fully saturated rings. The molecule has 4 nitrogen and oxygen atoms in total. The van der Waals surface area contributed by atoms with Gasteiger partial charge in [-0.3, -0.25) is 0 Å². The first-order chi connectivity index (χ1) is 28.5. The van der Waals surface area contributed by atoms with Gasteiger partial charge in [0, 0.05) is 38.6 Å². The molecule has 274 valence electrons. The molecule has 11 rings (SSSR count). The van der Waals surface area contributed by atoms with Gasteiger partial charge < -0.3 is 4.57 Å². The predicted octanol–water partition coefficient (Wildman–Crippen LogP) is 13.6. The maximum absolute atomic E-state index is 5.05. The number of aromatic nitrogens is 4. The SMILES string of the molecule is CC1(C)c2ccccc2-c2c(-c3ccc(-c4ccc5c(c4)c4ccc(-c6nc(-c7ccccc7)nc(-c7ccccc7)n6)cc4n5-c4ccccc4)cc3)cccc21. The van der Waals surface area contributed by atoms with E-state index in [-0.39, 0.29) is 5.41 Å². The fraction of sp³-hybridized carbons (Fsp3) is 0.0556. The molecule has 0 atom stereocenters. The molecule has 2 aromatic heterocycles. The van der Waals surface area contributed by atoms with E-state index in [0.29, 0.717) is 17.5 Å². The molecular weight excluding hydrogens is 705 g/mol. The van der Waals surface area contributed by atoms with Crippen LogP contribution in [0.5, 0.6) is 0 Å². The van der Waals surface area contributed by atoms with Gasteiger partial charge in [-0.1, -0.05) is 178 Å². The summed E-state index contributed by atoms with van der Waals surface area (Å²) in [7, 11) is 0. The third kappa shape index (κ3) is 5.48. The van der Waals surface area contributed by atoms with Crippen molar-refractivity contribution in [3.05, 3.63) is 205 Å². The number of nitrogens with zero attached hydrogens (tertiary/aromatic N) is 4. The lowest BCUT2D eigenvalue weighted by Gasteiger charge is -2.21. The minimum Gasteiger partial charge on any atom is -0.309 e. The Balaban J connectivity index is 1.03. The lowest BCUT2D eigenvalue weighted by atomic mass is 9.82. The average Bonchev–Trinajstić information content (AvgIpc) is 3.74. The van der Waals surface area contributed by atoms with Crippen LogP contribution in [0, 0.1) is 0 Å². The highest BCUT2D eigenvalue weighted by Gasteiger charge is 2.36. The average molecular weight is 743 g/mol. The topological polar surface area (TPSA) is 43.6 Å². The fourth-order valence-electron chi connectivity index (χ4n) is 8.97. The number of hydrogen-bond acceptors (Lipinski definition) is 3. The molecule has 0 unspecified atom stereocenters. The molecule has 0 aliphatic heterocycles. The van der Waals surface area contributed by atoms with Gasteiger partial charge in [-0.15, -0.1) is 0 Å². The van der Waals surface area contributed by atoms with E-state index in [2.05, 4.69) is 152 Å². The van der Waals surface area contributed by atoms with E-state index in [1.807, 2.05) is 60.7 Å². The zero-order chi connectivity index (χ0) is 38.8. The number of fused-ring (bicyclic) bond motifs is 6. The third-order valence-electron chi connectivity index (χ3n) is 11.9. The Morgan fingerprint density at radius 2 is 0.897 bits per heavy atom. The van der Waals surface area contributed by atoms with Crippen LogP contribution in [-0.4, -0.2) is 19.5 Å². The van der Waals surface area contributed by atoms with Crippen molar-refractivity contribution in [1.29, 1.82) is 0 Å². The van der Waals surface area contributed by atoms with Crippen LogP contribution < -0.4 is 0 Å². The molecule has 0 spiro atoms. The predicted molar refractivity (Wildman–Crippen MR) is 239 cm³/mol. The van der Waals surface area contributed by atoms with Crippen molar-refractivity contribution in [3.8, 4) is 73.2 Å². The van der Waals surface area contributed by atoms with Gasteiger partial charge in [0.1, 0.15) is 0 Å². The number of rotatable bonds is 6. The summed E-state index contributed by atoms with van der Waals surface area (Å²) < 4.78 is 2.35. The van der Waals surface area contributed by atoms with E-state index in [0.717, 1.165) is 33.4 Å². The molecule has 1 aliphatic carbocycles. The minimum absolute atomic E-state index is 0.0292. The number of hydrogen-bond donors (Lipinski definition) is 0. The largest absolute Gasteiger partial charge is 0.309 e. The summed E-state index contributed by atoms with van der Waals surface area (Å²) in [6, 6.07) is 69.1. The standard InChI is InChI=1S/C54H38N4/c1-54(2)46-23-13-12-21-44(46)50-42(22-14-24-47(50)54)36-27-25-35(26-28-36)39-30-32-48-45(33-39)43-31-29-40(34-49(43)58(48)41-19-10-5-11-20-41)53-56-51(37-15-6-3-7-16-37)55-52(57-53)38-17-8-4-9-18-38/h3-34H,1-2H3. The Morgan fingerprint density at radius 3 is 1.59 bits per heavy atom. The number of para-hydroxylation sites is 1. The summed E-state index contributed by atoms with van der Waals surface area (Å²) in [6.07, 6.45) is 0.